The second-order valence-electron chi connectivity index (χ2n) is 17.9. The van der Waals surface area contributed by atoms with E-state index >= 15 is 0 Å². The van der Waals surface area contributed by atoms with Crippen molar-refractivity contribution in [1.82, 2.24) is 0 Å². The highest BCUT2D eigenvalue weighted by atomic mass is 16.8. The van der Waals surface area contributed by atoms with Crippen LogP contribution in [0.1, 0.15) is 219 Å². The minimum absolute atomic E-state index is 0.0487. The molecule has 13 heteroatoms. The lowest BCUT2D eigenvalue weighted by atomic mass is 9.98. The summed E-state index contributed by atoms with van der Waals surface area (Å²) in [5, 5.41) is 63.6. The Bertz CT molecular complexity index is 1080. The molecule has 2 fully saturated rings. The first-order valence-corrected chi connectivity index (χ1v) is 24.9. The number of esters is 2. The van der Waals surface area contributed by atoms with Crippen LogP contribution in [-0.4, -0.2) is 117 Å². The van der Waals surface area contributed by atoms with E-state index in [2.05, 4.69) is 13.8 Å². The van der Waals surface area contributed by atoms with Gasteiger partial charge in [0.25, 0.3) is 0 Å². The van der Waals surface area contributed by atoms with Crippen molar-refractivity contribution >= 4 is 11.9 Å². The summed E-state index contributed by atoms with van der Waals surface area (Å²) in [6.45, 7) is 2.08. The Hall–Kier alpha value is -1.42. The van der Waals surface area contributed by atoms with E-state index in [1.807, 2.05) is 0 Å². The van der Waals surface area contributed by atoms with Crippen LogP contribution in [0.2, 0.25) is 0 Å². The Morgan fingerprint density at radius 1 is 0.475 bits per heavy atom. The van der Waals surface area contributed by atoms with Gasteiger partial charge in [-0.15, -0.1) is 0 Å². The largest absolute Gasteiger partial charge is 0.457 e. The molecular weight excluding hydrogens is 785 g/mol. The van der Waals surface area contributed by atoms with Crippen molar-refractivity contribution in [3.05, 3.63) is 0 Å². The zero-order valence-corrected chi connectivity index (χ0v) is 38.4. The molecule has 0 bridgehead atoms. The Labute approximate surface area is 369 Å². The summed E-state index contributed by atoms with van der Waals surface area (Å²) in [5.74, 6) is -3.56. The van der Waals surface area contributed by atoms with Gasteiger partial charge in [-0.3, -0.25) is 9.59 Å². The van der Waals surface area contributed by atoms with Gasteiger partial charge in [0.2, 0.25) is 5.79 Å². The SMILES string of the molecule is CCCCCCCCCCCCCCCCCC(=O)O[C@H]1[C@H](O)[C@@H](O)C(O[C@]2(CO)O[C@H](CO)[C@@H](O)[C@@H]2OC(=O)CCCCCCCCCCCCCCCCC)O[C@@H]1CO. The Morgan fingerprint density at radius 3 is 1.20 bits per heavy atom. The lowest BCUT2D eigenvalue weighted by molar-refractivity contribution is -0.384. The zero-order chi connectivity index (χ0) is 44.6. The predicted octanol–water partition coefficient (Wildman–Crippen LogP) is 8.23. The summed E-state index contributed by atoms with van der Waals surface area (Å²) >= 11 is 0. The maximum atomic E-state index is 13.0. The van der Waals surface area contributed by atoms with Crippen LogP contribution in [0.3, 0.4) is 0 Å². The number of hydrogen-bond acceptors (Lipinski definition) is 13. The van der Waals surface area contributed by atoms with E-state index in [1.54, 1.807) is 0 Å². The van der Waals surface area contributed by atoms with Gasteiger partial charge in [0.15, 0.2) is 18.5 Å². The lowest BCUT2D eigenvalue weighted by Gasteiger charge is -2.44. The van der Waals surface area contributed by atoms with E-state index in [0.717, 1.165) is 44.9 Å². The number of ether oxygens (including phenoxy) is 5. The summed E-state index contributed by atoms with van der Waals surface area (Å²) in [6.07, 6.45) is 23.1. The molecule has 6 N–H and O–H groups in total. The fourth-order valence-corrected chi connectivity index (χ4v) is 8.60. The van der Waals surface area contributed by atoms with Gasteiger partial charge >= 0.3 is 11.9 Å². The van der Waals surface area contributed by atoms with Crippen LogP contribution in [-0.2, 0) is 33.3 Å². The van der Waals surface area contributed by atoms with Gasteiger partial charge in [0, 0.05) is 12.8 Å². The molecule has 2 rings (SSSR count). The molecule has 1 unspecified atom stereocenters. The van der Waals surface area contributed by atoms with Crippen LogP contribution in [0.5, 0.6) is 0 Å². The molecule has 2 heterocycles. The van der Waals surface area contributed by atoms with Crippen molar-refractivity contribution in [2.75, 3.05) is 19.8 Å². The van der Waals surface area contributed by atoms with Crippen LogP contribution in [0.4, 0.5) is 0 Å². The van der Waals surface area contributed by atoms with E-state index in [-0.39, 0.29) is 12.8 Å². The summed E-state index contributed by atoms with van der Waals surface area (Å²) in [4.78, 5) is 25.7. The van der Waals surface area contributed by atoms with Crippen molar-refractivity contribution in [2.45, 2.75) is 274 Å². The van der Waals surface area contributed by atoms with Gasteiger partial charge in [-0.05, 0) is 12.8 Å². The molecule has 0 aromatic heterocycles. The average Bonchev–Trinajstić information content (AvgIpc) is 3.52. The van der Waals surface area contributed by atoms with Gasteiger partial charge in [-0.2, -0.15) is 0 Å². The molecule has 0 aromatic rings. The van der Waals surface area contributed by atoms with Gasteiger partial charge in [0.05, 0.1) is 13.2 Å². The smallest absolute Gasteiger partial charge is 0.306 e. The third-order valence-corrected chi connectivity index (χ3v) is 12.5. The maximum Gasteiger partial charge on any atom is 0.306 e. The van der Waals surface area contributed by atoms with E-state index in [0.29, 0.717) is 12.8 Å². The molecule has 13 nitrogen and oxygen atoms in total. The number of aliphatic hydroxyl groups excluding tert-OH is 6. The van der Waals surface area contributed by atoms with Crippen LogP contribution < -0.4 is 0 Å². The lowest BCUT2D eigenvalue weighted by Crippen LogP contribution is -2.63. The number of aliphatic hydroxyl groups is 6. The summed E-state index contributed by atoms with van der Waals surface area (Å²) in [6, 6.07) is 0. The first-order chi connectivity index (χ1) is 29.7. The first kappa shape index (κ1) is 55.7. The van der Waals surface area contributed by atoms with Crippen molar-refractivity contribution in [1.29, 1.82) is 0 Å². The predicted molar refractivity (Wildman–Crippen MR) is 235 cm³/mol. The third-order valence-electron chi connectivity index (χ3n) is 12.5. The minimum Gasteiger partial charge on any atom is -0.457 e. The third kappa shape index (κ3) is 22.4. The number of rotatable bonds is 39. The van der Waals surface area contributed by atoms with Crippen LogP contribution in [0.15, 0.2) is 0 Å². The molecule has 2 aliphatic rings. The molecule has 0 amide bonds. The van der Waals surface area contributed by atoms with Gasteiger partial charge < -0.3 is 54.3 Å². The molecule has 0 aliphatic carbocycles. The number of hydrogen-bond donors (Lipinski definition) is 6. The molecule has 360 valence electrons. The Balaban J connectivity index is 1.72. The minimum atomic E-state index is -2.29. The normalized spacial score (nSPS) is 26.5. The zero-order valence-electron chi connectivity index (χ0n) is 38.4. The topological polar surface area (TPSA) is 202 Å². The van der Waals surface area contributed by atoms with Gasteiger partial charge in [0.1, 0.15) is 37.1 Å². The highest BCUT2D eigenvalue weighted by molar-refractivity contribution is 5.70. The molecule has 0 saturated carbocycles. The quantitative estimate of drug-likeness (QED) is 0.0255. The van der Waals surface area contributed by atoms with Crippen LogP contribution in [0, 0.1) is 0 Å². The number of carbonyl (C=O) groups excluding carboxylic acids is 2. The van der Waals surface area contributed by atoms with Crippen LogP contribution >= 0.6 is 0 Å². The Morgan fingerprint density at radius 2 is 0.836 bits per heavy atom. The molecule has 0 radical (unpaired) electrons. The second kappa shape index (κ2) is 34.9. The molecule has 2 aliphatic heterocycles. The van der Waals surface area contributed by atoms with Gasteiger partial charge in [-0.25, -0.2) is 0 Å². The van der Waals surface area contributed by atoms with E-state index in [9.17, 15) is 40.2 Å². The van der Waals surface area contributed by atoms with Crippen molar-refractivity contribution < 1.29 is 63.9 Å². The molecule has 0 spiro atoms. The highest BCUT2D eigenvalue weighted by Gasteiger charge is 2.61. The van der Waals surface area contributed by atoms with Crippen molar-refractivity contribution in [2.24, 2.45) is 0 Å². The van der Waals surface area contributed by atoms with Crippen molar-refractivity contribution in [3.8, 4) is 0 Å². The van der Waals surface area contributed by atoms with Crippen molar-refractivity contribution in [3.63, 3.8) is 0 Å². The average molecular weight is 875 g/mol. The van der Waals surface area contributed by atoms with Gasteiger partial charge in [-0.1, -0.05) is 194 Å². The number of carbonyl (C=O) groups is 2. The van der Waals surface area contributed by atoms with E-state index in [4.69, 9.17) is 23.7 Å². The summed E-state index contributed by atoms with van der Waals surface area (Å²) < 4.78 is 28.4. The van der Waals surface area contributed by atoms with E-state index < -0.39 is 86.6 Å². The standard InChI is InChI=1S/C48H90O13/c1-3-5-7-9-11-13-15-17-19-21-23-25-27-29-31-33-40(52)58-45-39(36-50)57-47(44(56)43(45)55)61-48(37-51)46(42(54)38(35-49)60-48)59-41(53)34-32-30-28-26-24-22-20-18-16-14-12-10-8-6-4-2/h38-39,42-47,49-51,54-56H,3-37H2,1-2H3/t38-,39-,42-,43-,44-,45-,46+,47?,48+/m1/s1. The molecule has 9 atom stereocenters. The second-order valence-corrected chi connectivity index (χ2v) is 17.9. The Kier molecular flexibility index (Phi) is 31.9. The summed E-state index contributed by atoms with van der Waals surface area (Å²) in [7, 11) is 0. The maximum absolute atomic E-state index is 13.0. The molecule has 2 saturated heterocycles. The fourth-order valence-electron chi connectivity index (χ4n) is 8.60. The monoisotopic (exact) mass is 875 g/mol. The molecular formula is C48H90O13. The van der Waals surface area contributed by atoms with E-state index in [1.165, 1.54) is 135 Å². The van der Waals surface area contributed by atoms with Crippen LogP contribution in [0.25, 0.3) is 0 Å². The molecule has 0 aromatic carbocycles. The fraction of sp³-hybridized carbons (Fsp3) is 0.958. The molecule has 61 heavy (non-hydrogen) atoms. The first-order valence-electron chi connectivity index (χ1n) is 24.9. The summed E-state index contributed by atoms with van der Waals surface area (Å²) in [5.41, 5.74) is 0. The highest BCUT2D eigenvalue weighted by Crippen LogP contribution is 2.38. The number of unbranched alkanes of at least 4 members (excludes halogenated alkanes) is 28.